The van der Waals surface area contributed by atoms with E-state index in [1.165, 1.54) is 69.5 Å². The molecule has 0 unspecified atom stereocenters. The van der Waals surface area contributed by atoms with E-state index in [1.54, 1.807) is 0 Å². The van der Waals surface area contributed by atoms with Crippen LogP contribution in [-0.4, -0.2) is 68.1 Å². The molecule has 0 amide bonds. The molecule has 5 N–H and O–H groups in total. The minimum absolute atomic E-state index is 0.313. The van der Waals surface area contributed by atoms with Gasteiger partial charge >= 0.3 is 0 Å². The smallest absolute Gasteiger partial charge is 0.111 e. The van der Waals surface area contributed by atoms with Crippen molar-refractivity contribution in [3.05, 3.63) is 0 Å². The van der Waals surface area contributed by atoms with Gasteiger partial charge in [0, 0.05) is 5.75 Å². The van der Waals surface area contributed by atoms with Crippen molar-refractivity contribution >= 4 is 11.8 Å². The lowest BCUT2D eigenvalue weighted by molar-refractivity contribution is -0.109. The molecule has 0 aliphatic carbocycles. The van der Waals surface area contributed by atoms with E-state index in [1.807, 2.05) is 0 Å². The summed E-state index contributed by atoms with van der Waals surface area (Å²) in [6, 6.07) is 0. The summed E-state index contributed by atoms with van der Waals surface area (Å²) in [7, 11) is 0. The Morgan fingerprint density at radius 1 is 0.667 bits per heavy atom. The van der Waals surface area contributed by atoms with Crippen LogP contribution in [0, 0.1) is 0 Å². The zero-order valence-corrected chi connectivity index (χ0v) is 16.0. The Labute approximate surface area is 151 Å². The Hall–Kier alpha value is 0.150. The monoisotopic (exact) mass is 366 g/mol. The van der Waals surface area contributed by atoms with Gasteiger partial charge in [-0.1, -0.05) is 64.7 Å². The van der Waals surface area contributed by atoms with Gasteiger partial charge in [-0.3, -0.25) is 0 Å². The topological polar surface area (TPSA) is 101 Å². The Bertz CT molecular complexity index is 268. The number of thioether (sulfide) groups is 1. The molecule has 0 fully saturated rings. The third kappa shape index (κ3) is 12.5. The summed E-state index contributed by atoms with van der Waals surface area (Å²) in [5.74, 6) is 1.23. The highest BCUT2D eigenvalue weighted by molar-refractivity contribution is 7.99. The molecule has 5 nitrogen and oxygen atoms in total. The highest BCUT2D eigenvalue weighted by Crippen LogP contribution is 2.15. The molecule has 0 radical (unpaired) electrons. The first-order valence-corrected chi connectivity index (χ1v) is 10.6. The van der Waals surface area contributed by atoms with Crippen molar-refractivity contribution in [1.82, 2.24) is 0 Å². The Kier molecular flexibility index (Phi) is 16.7. The fourth-order valence-electron chi connectivity index (χ4n) is 2.56. The molecule has 6 heteroatoms. The van der Waals surface area contributed by atoms with Crippen LogP contribution in [0.2, 0.25) is 0 Å². The zero-order chi connectivity index (χ0) is 18.2. The average Bonchev–Trinajstić information content (AvgIpc) is 2.60. The molecule has 146 valence electrons. The molecule has 4 atom stereocenters. The van der Waals surface area contributed by atoms with Crippen molar-refractivity contribution in [2.75, 3.05) is 18.1 Å². The normalized spacial score (nSPS) is 16.8. The molecule has 0 saturated carbocycles. The lowest BCUT2D eigenvalue weighted by atomic mass is 10.0. The summed E-state index contributed by atoms with van der Waals surface area (Å²) in [5, 5.41) is 46.9. The molecular weight excluding hydrogens is 328 g/mol. The fraction of sp³-hybridized carbons (Fsp3) is 1.00. The number of aliphatic hydroxyl groups excluding tert-OH is 5. The van der Waals surface area contributed by atoms with E-state index < -0.39 is 31.0 Å². The lowest BCUT2D eigenvalue weighted by Crippen LogP contribution is -2.46. The predicted octanol–water partition coefficient (Wildman–Crippen LogP) is 2.08. The van der Waals surface area contributed by atoms with Crippen molar-refractivity contribution in [3.63, 3.8) is 0 Å². The summed E-state index contributed by atoms with van der Waals surface area (Å²) < 4.78 is 0. The van der Waals surface area contributed by atoms with Gasteiger partial charge in [-0.2, -0.15) is 11.8 Å². The molecule has 0 bridgehead atoms. The maximum Gasteiger partial charge on any atom is 0.111 e. The Morgan fingerprint density at radius 3 is 1.62 bits per heavy atom. The highest BCUT2D eigenvalue weighted by Gasteiger charge is 2.29. The van der Waals surface area contributed by atoms with Crippen LogP contribution in [0.1, 0.15) is 71.1 Å². The third-order valence-corrected chi connectivity index (χ3v) is 5.41. The van der Waals surface area contributed by atoms with Crippen molar-refractivity contribution in [1.29, 1.82) is 0 Å². The van der Waals surface area contributed by atoms with Gasteiger partial charge in [0.15, 0.2) is 0 Å². The molecule has 0 rings (SSSR count). The van der Waals surface area contributed by atoms with Crippen LogP contribution in [-0.2, 0) is 0 Å². The summed E-state index contributed by atoms with van der Waals surface area (Å²) in [6.07, 6.45) is 7.38. The molecular formula is C18H38O5S. The SMILES string of the molecule is CCCCCCCCCCCCSC[C@H](O)[C@@H](O)[C@@H](O)[C@H](O)CO. The maximum atomic E-state index is 9.77. The predicted molar refractivity (Wildman–Crippen MR) is 100 cm³/mol. The van der Waals surface area contributed by atoms with E-state index in [4.69, 9.17) is 5.11 Å². The largest absolute Gasteiger partial charge is 0.394 e. The van der Waals surface area contributed by atoms with Crippen LogP contribution in [0.15, 0.2) is 0 Å². The van der Waals surface area contributed by atoms with Crippen LogP contribution in [0.3, 0.4) is 0 Å². The number of rotatable bonds is 17. The second-order valence-electron chi connectivity index (χ2n) is 6.56. The molecule has 0 aromatic rings. The van der Waals surface area contributed by atoms with Crippen molar-refractivity contribution in [3.8, 4) is 0 Å². The first-order valence-electron chi connectivity index (χ1n) is 9.45. The molecule has 0 aromatic carbocycles. The molecule has 0 saturated heterocycles. The van der Waals surface area contributed by atoms with E-state index in [2.05, 4.69) is 6.92 Å². The van der Waals surface area contributed by atoms with Crippen LogP contribution in [0.25, 0.3) is 0 Å². The summed E-state index contributed by atoms with van der Waals surface area (Å²) >= 11 is 1.54. The number of aliphatic hydroxyl groups is 5. The summed E-state index contributed by atoms with van der Waals surface area (Å²) in [4.78, 5) is 0. The molecule has 0 aliphatic heterocycles. The minimum Gasteiger partial charge on any atom is -0.394 e. The maximum absolute atomic E-state index is 9.77. The van der Waals surface area contributed by atoms with Crippen LogP contribution in [0.5, 0.6) is 0 Å². The number of unbranched alkanes of at least 4 members (excludes halogenated alkanes) is 9. The van der Waals surface area contributed by atoms with E-state index >= 15 is 0 Å². The van der Waals surface area contributed by atoms with Gasteiger partial charge in [-0.05, 0) is 12.2 Å². The third-order valence-electron chi connectivity index (χ3n) is 4.26. The Morgan fingerprint density at radius 2 is 1.12 bits per heavy atom. The standard InChI is InChI=1S/C18H38O5S/c1-2-3-4-5-6-7-8-9-10-11-12-24-14-16(21)18(23)17(22)15(20)13-19/h15-23H,2-14H2,1H3/t15-,16+,17+,18-/m1/s1. The molecule has 0 heterocycles. The minimum atomic E-state index is -1.53. The molecule has 0 aromatic heterocycles. The number of hydrogen-bond donors (Lipinski definition) is 5. The first-order chi connectivity index (χ1) is 11.5. The van der Waals surface area contributed by atoms with Crippen LogP contribution in [0.4, 0.5) is 0 Å². The molecule has 24 heavy (non-hydrogen) atoms. The van der Waals surface area contributed by atoms with Crippen molar-refractivity contribution in [2.24, 2.45) is 0 Å². The van der Waals surface area contributed by atoms with Crippen molar-refractivity contribution in [2.45, 2.75) is 95.5 Å². The first kappa shape index (κ1) is 24.1. The van der Waals surface area contributed by atoms with Crippen LogP contribution >= 0.6 is 11.8 Å². The second kappa shape index (κ2) is 16.6. The summed E-state index contributed by atoms with van der Waals surface area (Å²) in [5.41, 5.74) is 0. The second-order valence-corrected chi connectivity index (χ2v) is 7.71. The zero-order valence-electron chi connectivity index (χ0n) is 15.1. The van der Waals surface area contributed by atoms with Crippen LogP contribution < -0.4 is 0 Å². The van der Waals surface area contributed by atoms with E-state index in [9.17, 15) is 20.4 Å². The lowest BCUT2D eigenvalue weighted by Gasteiger charge is -2.25. The summed E-state index contributed by atoms with van der Waals surface area (Å²) in [6.45, 7) is 1.59. The molecule has 0 aliphatic rings. The molecule has 0 spiro atoms. The van der Waals surface area contributed by atoms with E-state index in [0.717, 1.165) is 12.2 Å². The van der Waals surface area contributed by atoms with E-state index in [0.29, 0.717) is 5.75 Å². The van der Waals surface area contributed by atoms with Gasteiger partial charge in [0.1, 0.15) is 18.3 Å². The van der Waals surface area contributed by atoms with Gasteiger partial charge < -0.3 is 25.5 Å². The average molecular weight is 367 g/mol. The van der Waals surface area contributed by atoms with Gasteiger partial charge in [-0.15, -0.1) is 0 Å². The van der Waals surface area contributed by atoms with Crippen molar-refractivity contribution < 1.29 is 25.5 Å². The van der Waals surface area contributed by atoms with E-state index in [-0.39, 0.29) is 0 Å². The fourth-order valence-corrected chi connectivity index (χ4v) is 3.57. The van der Waals surface area contributed by atoms with Gasteiger partial charge in [-0.25, -0.2) is 0 Å². The van der Waals surface area contributed by atoms with Gasteiger partial charge in [0.25, 0.3) is 0 Å². The van der Waals surface area contributed by atoms with Gasteiger partial charge in [0.05, 0.1) is 12.7 Å². The Balaban J connectivity index is 3.43. The number of hydrogen-bond acceptors (Lipinski definition) is 6. The highest BCUT2D eigenvalue weighted by atomic mass is 32.2. The van der Waals surface area contributed by atoms with Gasteiger partial charge in [0.2, 0.25) is 0 Å². The quantitative estimate of drug-likeness (QED) is 0.253.